The van der Waals surface area contributed by atoms with Crippen molar-refractivity contribution < 1.29 is 19.1 Å². The zero-order chi connectivity index (χ0) is 19.9. The van der Waals surface area contributed by atoms with E-state index in [-0.39, 0.29) is 12.5 Å². The minimum absolute atomic E-state index is 0.135. The van der Waals surface area contributed by atoms with E-state index in [1.54, 1.807) is 55.5 Å². The van der Waals surface area contributed by atoms with E-state index in [1.165, 1.54) is 0 Å². The van der Waals surface area contributed by atoms with Crippen LogP contribution in [0.5, 0.6) is 5.75 Å². The summed E-state index contributed by atoms with van der Waals surface area (Å²) in [6, 6.07) is 11.4. The molecule has 0 aliphatic carbocycles. The molecule has 0 unspecified atom stereocenters. The number of halogens is 1. The predicted molar refractivity (Wildman–Crippen MR) is 104 cm³/mol. The maximum absolute atomic E-state index is 12.6. The molecule has 0 aromatic heterocycles. The Morgan fingerprint density at radius 2 is 2.04 bits per heavy atom. The van der Waals surface area contributed by atoms with Gasteiger partial charge in [0, 0.05) is 16.3 Å². The van der Waals surface area contributed by atoms with Gasteiger partial charge in [0.25, 0.3) is 11.8 Å². The van der Waals surface area contributed by atoms with Gasteiger partial charge in [-0.2, -0.15) is 0 Å². The van der Waals surface area contributed by atoms with Gasteiger partial charge < -0.3 is 15.4 Å². The quantitative estimate of drug-likeness (QED) is 0.694. The molecular weight excluding hydrogens is 382 g/mol. The Balaban J connectivity index is 1.56. The Morgan fingerprint density at radius 1 is 1.21 bits per heavy atom. The topological polar surface area (TPSA) is 96.5 Å². The highest BCUT2D eigenvalue weighted by molar-refractivity contribution is 6.30. The number of benzene rings is 2. The minimum Gasteiger partial charge on any atom is -0.488 e. The molecule has 0 radical (unpaired) electrons. The maximum atomic E-state index is 12.6. The number of imide groups is 1. The van der Waals surface area contributed by atoms with Gasteiger partial charge in [0.2, 0.25) is 0 Å². The zero-order valence-corrected chi connectivity index (χ0v) is 15.6. The van der Waals surface area contributed by atoms with Gasteiger partial charge in [-0.05, 0) is 48.9 Å². The second kappa shape index (κ2) is 6.69. The van der Waals surface area contributed by atoms with Crippen molar-refractivity contribution in [1.82, 2.24) is 10.6 Å². The van der Waals surface area contributed by atoms with E-state index in [0.29, 0.717) is 27.6 Å². The van der Waals surface area contributed by atoms with Gasteiger partial charge in [0.05, 0.1) is 5.57 Å². The average Bonchev–Trinajstić information content (AvgIpc) is 2.94. The van der Waals surface area contributed by atoms with Crippen molar-refractivity contribution in [1.29, 1.82) is 0 Å². The molecule has 7 nitrogen and oxygen atoms in total. The van der Waals surface area contributed by atoms with Crippen LogP contribution in [0.4, 0.5) is 10.5 Å². The molecule has 2 aliphatic heterocycles. The number of ether oxygens (including phenoxy) is 1. The highest BCUT2D eigenvalue weighted by atomic mass is 35.5. The number of amides is 4. The van der Waals surface area contributed by atoms with Crippen LogP contribution in [-0.4, -0.2) is 24.5 Å². The molecule has 0 spiro atoms. The molecule has 142 valence electrons. The van der Waals surface area contributed by atoms with Crippen LogP contribution >= 0.6 is 11.6 Å². The fourth-order valence-corrected chi connectivity index (χ4v) is 3.33. The summed E-state index contributed by atoms with van der Waals surface area (Å²) in [6.45, 7) is 1.74. The minimum atomic E-state index is -1.19. The van der Waals surface area contributed by atoms with Gasteiger partial charge in [0.1, 0.15) is 17.9 Å². The molecule has 2 aromatic carbocycles. The van der Waals surface area contributed by atoms with E-state index in [0.717, 1.165) is 5.56 Å². The summed E-state index contributed by atoms with van der Waals surface area (Å²) in [4.78, 5) is 36.3. The van der Waals surface area contributed by atoms with Crippen molar-refractivity contribution in [3.63, 3.8) is 0 Å². The molecule has 2 aromatic rings. The van der Waals surface area contributed by atoms with Gasteiger partial charge in [-0.3, -0.25) is 14.9 Å². The number of carbonyl (C=O) groups is 3. The number of hydrogen-bond donors (Lipinski definition) is 3. The lowest BCUT2D eigenvalue weighted by Crippen LogP contribution is -2.40. The van der Waals surface area contributed by atoms with Crippen molar-refractivity contribution >= 4 is 41.2 Å². The fourth-order valence-electron chi connectivity index (χ4n) is 3.15. The monoisotopic (exact) mass is 397 g/mol. The molecule has 2 aliphatic rings. The third kappa shape index (κ3) is 3.20. The number of anilines is 1. The number of hydrogen-bond acceptors (Lipinski definition) is 4. The third-order valence-electron chi connectivity index (χ3n) is 4.72. The standard InChI is InChI=1S/C20H16ClN3O4/c1-20(18(26)23-19(27)24-20)13-3-2-4-15(9-13)22-17(25)12-7-11-8-14(21)5-6-16(11)28-10-12/h2-9H,10H2,1H3,(H,22,25)(H2,23,24,26,27)/t20-/m1/s1. The van der Waals surface area contributed by atoms with E-state index in [9.17, 15) is 14.4 Å². The first kappa shape index (κ1) is 18.1. The molecule has 3 N–H and O–H groups in total. The van der Waals surface area contributed by atoms with Gasteiger partial charge >= 0.3 is 6.03 Å². The van der Waals surface area contributed by atoms with Crippen molar-refractivity contribution in [3.05, 3.63) is 64.2 Å². The molecule has 1 fully saturated rings. The molecular formula is C20H16ClN3O4. The van der Waals surface area contributed by atoms with Crippen LogP contribution in [0.3, 0.4) is 0 Å². The Labute approximate surface area is 165 Å². The van der Waals surface area contributed by atoms with Crippen molar-refractivity contribution in [2.45, 2.75) is 12.5 Å². The molecule has 2 heterocycles. The SMILES string of the molecule is C[C@]1(c2cccc(NC(=O)C3=Cc4cc(Cl)ccc4OC3)c2)NC(=O)NC1=O. The smallest absolute Gasteiger partial charge is 0.322 e. The summed E-state index contributed by atoms with van der Waals surface area (Å²) in [6.07, 6.45) is 1.73. The van der Waals surface area contributed by atoms with Gasteiger partial charge in [0.15, 0.2) is 0 Å². The number of urea groups is 1. The van der Waals surface area contributed by atoms with Gasteiger partial charge in [-0.15, -0.1) is 0 Å². The summed E-state index contributed by atoms with van der Waals surface area (Å²) < 4.78 is 5.61. The molecule has 0 saturated carbocycles. The first-order chi connectivity index (χ1) is 13.3. The highest BCUT2D eigenvalue weighted by Crippen LogP contribution is 2.30. The summed E-state index contributed by atoms with van der Waals surface area (Å²) in [5.74, 6) is -0.107. The lowest BCUT2D eigenvalue weighted by atomic mass is 9.92. The number of nitrogens with one attached hydrogen (secondary N) is 3. The van der Waals surface area contributed by atoms with E-state index in [1.807, 2.05) is 0 Å². The molecule has 1 saturated heterocycles. The Bertz CT molecular complexity index is 1050. The highest BCUT2D eigenvalue weighted by Gasteiger charge is 2.43. The van der Waals surface area contributed by atoms with Crippen LogP contribution in [0, 0.1) is 0 Å². The van der Waals surface area contributed by atoms with Crippen LogP contribution in [0.2, 0.25) is 5.02 Å². The first-order valence-corrected chi connectivity index (χ1v) is 8.91. The molecule has 8 heteroatoms. The van der Waals surface area contributed by atoms with Crippen LogP contribution in [0.15, 0.2) is 48.0 Å². The molecule has 4 rings (SSSR count). The van der Waals surface area contributed by atoms with Crippen LogP contribution in [0.1, 0.15) is 18.1 Å². The molecule has 0 bridgehead atoms. The Morgan fingerprint density at radius 3 is 2.79 bits per heavy atom. The maximum Gasteiger partial charge on any atom is 0.322 e. The number of carbonyl (C=O) groups excluding carboxylic acids is 3. The summed E-state index contributed by atoms with van der Waals surface area (Å²) in [7, 11) is 0. The van der Waals surface area contributed by atoms with Crippen LogP contribution in [-0.2, 0) is 15.1 Å². The summed E-state index contributed by atoms with van der Waals surface area (Å²) >= 11 is 6.00. The largest absolute Gasteiger partial charge is 0.488 e. The normalized spacial score (nSPS) is 20.4. The molecule has 28 heavy (non-hydrogen) atoms. The second-order valence-electron chi connectivity index (χ2n) is 6.71. The van der Waals surface area contributed by atoms with Gasteiger partial charge in [-0.1, -0.05) is 23.7 Å². The van der Waals surface area contributed by atoms with E-state index in [4.69, 9.17) is 16.3 Å². The fraction of sp³-hybridized carbons (Fsp3) is 0.150. The zero-order valence-electron chi connectivity index (χ0n) is 14.8. The first-order valence-electron chi connectivity index (χ1n) is 8.53. The van der Waals surface area contributed by atoms with Crippen LogP contribution < -0.4 is 20.7 Å². The number of rotatable bonds is 3. The average molecular weight is 398 g/mol. The third-order valence-corrected chi connectivity index (χ3v) is 4.95. The molecule has 1 atom stereocenters. The van der Waals surface area contributed by atoms with Crippen molar-refractivity contribution in [2.75, 3.05) is 11.9 Å². The van der Waals surface area contributed by atoms with Crippen molar-refractivity contribution in [2.24, 2.45) is 0 Å². The summed E-state index contributed by atoms with van der Waals surface area (Å²) in [5, 5.41) is 8.17. The second-order valence-corrected chi connectivity index (χ2v) is 7.15. The lowest BCUT2D eigenvalue weighted by molar-refractivity contribution is -0.123. The summed E-state index contributed by atoms with van der Waals surface area (Å²) in [5.41, 5.74) is 1.03. The van der Waals surface area contributed by atoms with E-state index in [2.05, 4.69) is 16.0 Å². The number of fused-ring (bicyclic) bond motifs is 1. The Hall–Kier alpha value is -3.32. The van der Waals surface area contributed by atoms with Gasteiger partial charge in [-0.25, -0.2) is 4.79 Å². The lowest BCUT2D eigenvalue weighted by Gasteiger charge is -2.22. The van der Waals surface area contributed by atoms with Crippen LogP contribution in [0.25, 0.3) is 6.08 Å². The predicted octanol–water partition coefficient (Wildman–Crippen LogP) is 2.81. The molecule has 4 amide bonds. The Kier molecular flexibility index (Phi) is 4.31. The van der Waals surface area contributed by atoms with Crippen molar-refractivity contribution in [3.8, 4) is 5.75 Å². The van der Waals surface area contributed by atoms with E-state index >= 15 is 0 Å². The van der Waals surface area contributed by atoms with E-state index < -0.39 is 17.5 Å².